The molecule has 3 atom stereocenters. The third-order valence-electron chi connectivity index (χ3n) is 7.29. The molecule has 1 fully saturated rings. The summed E-state index contributed by atoms with van der Waals surface area (Å²) in [5.41, 5.74) is 7.55. The van der Waals surface area contributed by atoms with Crippen LogP contribution in [0, 0.1) is 11.3 Å². The van der Waals surface area contributed by atoms with Crippen molar-refractivity contribution in [3.8, 4) is 0 Å². The number of halogens is 1. The number of benzene rings is 2. The molecule has 1 aliphatic rings. The molecule has 0 spiro atoms. The molecule has 3 N–H and O–H groups in total. The number of carbonyl (C=O) groups excluding carboxylic acids is 3. The summed E-state index contributed by atoms with van der Waals surface area (Å²) < 4.78 is 4.72. The summed E-state index contributed by atoms with van der Waals surface area (Å²) >= 11 is 6.06. The minimum absolute atomic E-state index is 0.0349. The van der Waals surface area contributed by atoms with Gasteiger partial charge in [-0.2, -0.15) is 0 Å². The summed E-state index contributed by atoms with van der Waals surface area (Å²) in [5.74, 6) is -1.35. The van der Waals surface area contributed by atoms with Gasteiger partial charge in [0.15, 0.2) is 0 Å². The standard InChI is InChI=1S/C27H34ClN3O4/c1-17(18(2)30-23(32)19-7-6-8-20(15-19)25(34)35-5)24(33)31-14-13-27(29,26(3,4)16-31)21-9-11-22(28)12-10-21/h6-12,15,17-18H,13-14,16,29H2,1-5H3,(H,30,32). The number of hydrogen-bond acceptors (Lipinski definition) is 5. The number of ether oxygens (including phenoxy) is 1. The highest BCUT2D eigenvalue weighted by Crippen LogP contribution is 2.44. The Labute approximate surface area is 212 Å². The van der Waals surface area contributed by atoms with E-state index in [0.29, 0.717) is 35.7 Å². The van der Waals surface area contributed by atoms with Crippen LogP contribution in [0.5, 0.6) is 0 Å². The van der Waals surface area contributed by atoms with Crippen LogP contribution in [0.25, 0.3) is 0 Å². The molecule has 0 radical (unpaired) electrons. The van der Waals surface area contributed by atoms with Crippen LogP contribution in [0.2, 0.25) is 5.02 Å². The van der Waals surface area contributed by atoms with Crippen molar-refractivity contribution >= 4 is 29.4 Å². The van der Waals surface area contributed by atoms with Crippen LogP contribution in [-0.2, 0) is 15.1 Å². The third kappa shape index (κ3) is 5.52. The first kappa shape index (κ1) is 26.7. The highest BCUT2D eigenvalue weighted by atomic mass is 35.5. The Kier molecular flexibility index (Phi) is 7.92. The topological polar surface area (TPSA) is 102 Å². The summed E-state index contributed by atoms with van der Waals surface area (Å²) in [6.07, 6.45) is 0.612. The number of nitrogens with one attached hydrogen (secondary N) is 1. The highest BCUT2D eigenvalue weighted by Gasteiger charge is 2.48. The van der Waals surface area contributed by atoms with Crippen molar-refractivity contribution in [1.29, 1.82) is 0 Å². The number of amides is 2. The molecule has 1 aliphatic heterocycles. The smallest absolute Gasteiger partial charge is 0.337 e. The summed E-state index contributed by atoms with van der Waals surface area (Å²) in [4.78, 5) is 39.8. The number of nitrogens with two attached hydrogens (primary N) is 1. The third-order valence-corrected chi connectivity index (χ3v) is 7.54. The Hall–Kier alpha value is -2.90. The van der Waals surface area contributed by atoms with Gasteiger partial charge in [-0.05, 0) is 49.2 Å². The molecule has 3 unspecified atom stereocenters. The van der Waals surface area contributed by atoms with Gasteiger partial charge in [0.1, 0.15) is 0 Å². The predicted octanol–water partition coefficient (Wildman–Crippen LogP) is 3.99. The zero-order valence-electron chi connectivity index (χ0n) is 20.9. The zero-order chi connectivity index (χ0) is 26.0. The number of nitrogens with zero attached hydrogens (tertiary/aromatic N) is 1. The van der Waals surface area contributed by atoms with Crippen LogP contribution >= 0.6 is 11.6 Å². The van der Waals surface area contributed by atoms with Gasteiger partial charge in [0.2, 0.25) is 5.91 Å². The van der Waals surface area contributed by atoms with Gasteiger partial charge in [-0.1, -0.05) is 50.6 Å². The molecule has 7 nitrogen and oxygen atoms in total. The number of hydrogen-bond donors (Lipinski definition) is 2. The molecule has 2 amide bonds. The monoisotopic (exact) mass is 499 g/mol. The van der Waals surface area contributed by atoms with E-state index >= 15 is 0 Å². The van der Waals surface area contributed by atoms with Crippen LogP contribution in [-0.4, -0.2) is 48.9 Å². The minimum atomic E-state index is -0.595. The first-order chi connectivity index (χ1) is 16.4. The van der Waals surface area contributed by atoms with Gasteiger partial charge in [0.05, 0.1) is 18.6 Å². The van der Waals surface area contributed by atoms with E-state index in [1.165, 1.54) is 13.2 Å². The molecule has 0 aromatic heterocycles. The van der Waals surface area contributed by atoms with Gasteiger partial charge in [0.25, 0.3) is 5.91 Å². The molecule has 1 saturated heterocycles. The molecule has 2 aromatic carbocycles. The summed E-state index contributed by atoms with van der Waals surface area (Å²) in [7, 11) is 1.29. The maximum atomic E-state index is 13.4. The second-order valence-electron chi connectivity index (χ2n) is 10.00. The van der Waals surface area contributed by atoms with E-state index in [1.807, 2.05) is 36.1 Å². The molecule has 35 heavy (non-hydrogen) atoms. The van der Waals surface area contributed by atoms with Gasteiger partial charge in [-0.25, -0.2) is 4.79 Å². The normalized spacial score (nSPS) is 21.1. The van der Waals surface area contributed by atoms with Crippen molar-refractivity contribution in [1.82, 2.24) is 10.2 Å². The Bertz CT molecular complexity index is 1100. The Morgan fingerprint density at radius 2 is 1.71 bits per heavy atom. The van der Waals surface area contributed by atoms with E-state index in [1.54, 1.807) is 25.1 Å². The SMILES string of the molecule is COC(=O)c1cccc(C(=O)NC(C)C(C)C(=O)N2CCC(N)(c3ccc(Cl)cc3)C(C)(C)C2)c1. The van der Waals surface area contributed by atoms with Crippen LogP contribution < -0.4 is 11.1 Å². The van der Waals surface area contributed by atoms with Crippen molar-refractivity contribution < 1.29 is 19.1 Å². The fraction of sp³-hybridized carbons (Fsp3) is 0.444. The van der Waals surface area contributed by atoms with E-state index in [-0.39, 0.29) is 17.2 Å². The number of esters is 1. The van der Waals surface area contributed by atoms with Crippen LogP contribution in [0.4, 0.5) is 0 Å². The van der Waals surface area contributed by atoms with E-state index in [2.05, 4.69) is 19.2 Å². The second kappa shape index (κ2) is 10.4. The molecule has 1 heterocycles. The van der Waals surface area contributed by atoms with Crippen molar-refractivity contribution in [2.45, 2.75) is 45.7 Å². The molecule has 0 aliphatic carbocycles. The van der Waals surface area contributed by atoms with Crippen molar-refractivity contribution in [3.63, 3.8) is 0 Å². The predicted molar refractivity (Wildman–Crippen MR) is 136 cm³/mol. The van der Waals surface area contributed by atoms with Crippen LogP contribution in [0.1, 0.15) is 60.4 Å². The van der Waals surface area contributed by atoms with Crippen molar-refractivity contribution in [2.75, 3.05) is 20.2 Å². The number of likely N-dealkylation sites (tertiary alicyclic amines) is 1. The fourth-order valence-electron chi connectivity index (χ4n) is 4.64. The van der Waals surface area contributed by atoms with E-state index in [0.717, 1.165) is 5.56 Å². The summed E-state index contributed by atoms with van der Waals surface area (Å²) in [5, 5.41) is 3.55. The lowest BCUT2D eigenvalue weighted by molar-refractivity contribution is -0.141. The Morgan fingerprint density at radius 1 is 1.09 bits per heavy atom. The minimum Gasteiger partial charge on any atom is -0.465 e. The molecular formula is C27H34ClN3O4. The fourth-order valence-corrected chi connectivity index (χ4v) is 4.77. The highest BCUT2D eigenvalue weighted by molar-refractivity contribution is 6.30. The van der Waals surface area contributed by atoms with E-state index in [9.17, 15) is 14.4 Å². The average Bonchev–Trinajstić information content (AvgIpc) is 2.84. The molecular weight excluding hydrogens is 466 g/mol. The molecule has 0 saturated carbocycles. The van der Waals surface area contributed by atoms with Crippen molar-refractivity contribution in [3.05, 3.63) is 70.2 Å². The Morgan fingerprint density at radius 3 is 2.31 bits per heavy atom. The largest absolute Gasteiger partial charge is 0.465 e. The molecule has 188 valence electrons. The first-order valence-electron chi connectivity index (χ1n) is 11.7. The summed E-state index contributed by atoms with van der Waals surface area (Å²) in [6, 6.07) is 13.5. The van der Waals surface area contributed by atoms with Gasteiger partial charge >= 0.3 is 5.97 Å². The lowest BCUT2D eigenvalue weighted by Crippen LogP contribution is -2.62. The van der Waals surface area contributed by atoms with Crippen molar-refractivity contribution in [2.24, 2.45) is 17.1 Å². The second-order valence-corrected chi connectivity index (χ2v) is 10.4. The number of piperidine rings is 1. The number of methoxy groups -OCH3 is 1. The average molecular weight is 500 g/mol. The number of rotatable bonds is 6. The first-order valence-corrected chi connectivity index (χ1v) is 12.1. The lowest BCUT2D eigenvalue weighted by Gasteiger charge is -2.52. The van der Waals surface area contributed by atoms with Gasteiger partial charge in [-0.15, -0.1) is 0 Å². The lowest BCUT2D eigenvalue weighted by atomic mass is 9.64. The molecule has 2 aromatic rings. The maximum Gasteiger partial charge on any atom is 0.337 e. The molecule has 3 rings (SSSR count). The van der Waals surface area contributed by atoms with Crippen LogP contribution in [0.15, 0.2) is 48.5 Å². The van der Waals surface area contributed by atoms with Gasteiger partial charge < -0.3 is 20.7 Å². The van der Waals surface area contributed by atoms with Gasteiger partial charge in [0, 0.05) is 40.7 Å². The number of carbonyl (C=O) groups is 3. The Balaban J connectivity index is 1.67. The van der Waals surface area contributed by atoms with E-state index < -0.39 is 23.5 Å². The quantitative estimate of drug-likeness (QED) is 0.585. The van der Waals surface area contributed by atoms with E-state index in [4.69, 9.17) is 22.1 Å². The van der Waals surface area contributed by atoms with Gasteiger partial charge in [-0.3, -0.25) is 9.59 Å². The molecule has 8 heteroatoms. The zero-order valence-corrected chi connectivity index (χ0v) is 21.7. The van der Waals surface area contributed by atoms with Crippen LogP contribution in [0.3, 0.4) is 0 Å². The molecule has 0 bridgehead atoms. The maximum absolute atomic E-state index is 13.4. The summed E-state index contributed by atoms with van der Waals surface area (Å²) in [6.45, 7) is 8.79.